The molecule has 0 fully saturated rings. The van der Waals surface area contributed by atoms with E-state index >= 15 is 0 Å². The highest BCUT2D eigenvalue weighted by molar-refractivity contribution is 7.99. The first-order chi connectivity index (χ1) is 13.5. The molecule has 7 heteroatoms. The van der Waals surface area contributed by atoms with Crippen LogP contribution in [-0.4, -0.2) is 28.2 Å². The highest BCUT2D eigenvalue weighted by Crippen LogP contribution is 2.21. The molecule has 0 atom stereocenters. The second-order valence-electron chi connectivity index (χ2n) is 6.19. The van der Waals surface area contributed by atoms with Crippen molar-refractivity contribution in [2.24, 2.45) is 0 Å². The Kier molecular flexibility index (Phi) is 7.01. The normalized spacial score (nSPS) is 10.7. The predicted molar refractivity (Wildman–Crippen MR) is 111 cm³/mol. The minimum absolute atomic E-state index is 0.0569. The Hall–Kier alpha value is -2.44. The fraction of sp³-hybridized carbons (Fsp3) is 0.190. The standard InChI is InChI=1S/C21H19ClFN3OS/c1-14-12-20(26-21(25-14)16-4-8-18(23)9-5-16)28-13-19(27)24-11-10-15-2-6-17(22)7-3-15/h2-9,12H,10-11,13H2,1H3,(H,24,27). The van der Waals surface area contributed by atoms with E-state index in [1.807, 2.05) is 37.3 Å². The smallest absolute Gasteiger partial charge is 0.230 e. The van der Waals surface area contributed by atoms with Crippen LogP contribution in [0.2, 0.25) is 5.02 Å². The number of halogens is 2. The van der Waals surface area contributed by atoms with E-state index in [0.29, 0.717) is 22.4 Å². The summed E-state index contributed by atoms with van der Waals surface area (Å²) >= 11 is 7.21. The van der Waals surface area contributed by atoms with Crippen molar-refractivity contribution in [2.45, 2.75) is 18.4 Å². The number of nitrogens with one attached hydrogen (secondary N) is 1. The van der Waals surface area contributed by atoms with Gasteiger partial charge in [0.05, 0.1) is 5.75 Å². The molecule has 4 nitrogen and oxygen atoms in total. The third-order valence-electron chi connectivity index (χ3n) is 3.93. The maximum atomic E-state index is 13.1. The molecule has 2 aromatic carbocycles. The number of aromatic nitrogens is 2. The van der Waals surface area contributed by atoms with Crippen LogP contribution in [-0.2, 0) is 11.2 Å². The summed E-state index contributed by atoms with van der Waals surface area (Å²) in [6, 6.07) is 15.4. The highest BCUT2D eigenvalue weighted by Gasteiger charge is 2.08. The molecule has 3 aromatic rings. The molecule has 144 valence electrons. The number of rotatable bonds is 7. The van der Waals surface area contributed by atoms with Gasteiger partial charge in [-0.25, -0.2) is 14.4 Å². The highest BCUT2D eigenvalue weighted by atomic mass is 35.5. The number of hydrogen-bond donors (Lipinski definition) is 1. The number of thioether (sulfide) groups is 1. The molecule has 1 aromatic heterocycles. The van der Waals surface area contributed by atoms with E-state index in [0.717, 1.165) is 23.2 Å². The number of aryl methyl sites for hydroxylation is 1. The molecule has 1 N–H and O–H groups in total. The van der Waals surface area contributed by atoms with Crippen LogP contribution in [0.5, 0.6) is 0 Å². The van der Waals surface area contributed by atoms with E-state index in [-0.39, 0.29) is 17.5 Å². The summed E-state index contributed by atoms with van der Waals surface area (Å²) in [4.78, 5) is 21.0. The van der Waals surface area contributed by atoms with Crippen LogP contribution >= 0.6 is 23.4 Å². The Balaban J connectivity index is 1.52. The van der Waals surface area contributed by atoms with E-state index < -0.39 is 0 Å². The van der Waals surface area contributed by atoms with Crippen LogP contribution < -0.4 is 5.32 Å². The van der Waals surface area contributed by atoms with E-state index in [4.69, 9.17) is 11.6 Å². The molecule has 0 aliphatic carbocycles. The molecule has 0 spiro atoms. The van der Waals surface area contributed by atoms with Crippen molar-refractivity contribution in [1.82, 2.24) is 15.3 Å². The van der Waals surface area contributed by atoms with Crippen molar-refractivity contribution < 1.29 is 9.18 Å². The first-order valence-electron chi connectivity index (χ1n) is 8.75. The maximum absolute atomic E-state index is 13.1. The summed E-state index contributed by atoms with van der Waals surface area (Å²) in [7, 11) is 0. The molecule has 0 aliphatic heterocycles. The van der Waals surface area contributed by atoms with E-state index in [2.05, 4.69) is 15.3 Å². The average molecular weight is 416 g/mol. The summed E-state index contributed by atoms with van der Waals surface area (Å²) in [6.07, 6.45) is 0.745. The third kappa shape index (κ3) is 6.04. The van der Waals surface area contributed by atoms with Crippen molar-refractivity contribution in [3.05, 3.63) is 76.7 Å². The molecule has 0 aliphatic rings. The van der Waals surface area contributed by atoms with E-state index in [9.17, 15) is 9.18 Å². The molecule has 3 rings (SSSR count). The lowest BCUT2D eigenvalue weighted by molar-refractivity contribution is -0.118. The molecule has 0 unspecified atom stereocenters. The fourth-order valence-electron chi connectivity index (χ4n) is 2.53. The largest absolute Gasteiger partial charge is 0.355 e. The number of benzene rings is 2. The molecule has 0 radical (unpaired) electrons. The summed E-state index contributed by atoms with van der Waals surface area (Å²) in [5.74, 6) is 0.422. The van der Waals surface area contributed by atoms with Crippen LogP contribution in [0.4, 0.5) is 4.39 Å². The van der Waals surface area contributed by atoms with Gasteiger partial charge in [-0.2, -0.15) is 0 Å². The number of amides is 1. The zero-order valence-corrected chi connectivity index (χ0v) is 16.9. The monoisotopic (exact) mass is 415 g/mol. The lowest BCUT2D eigenvalue weighted by atomic mass is 10.1. The Bertz CT molecular complexity index is 949. The number of carbonyl (C=O) groups is 1. The Morgan fingerprint density at radius 2 is 1.82 bits per heavy atom. The summed E-state index contributed by atoms with van der Waals surface area (Å²) < 4.78 is 13.1. The molecule has 28 heavy (non-hydrogen) atoms. The molecule has 0 bridgehead atoms. The van der Waals surface area contributed by atoms with Crippen molar-refractivity contribution in [3.8, 4) is 11.4 Å². The first kappa shape index (κ1) is 20.3. The van der Waals surface area contributed by atoms with Crippen LogP contribution in [0.3, 0.4) is 0 Å². The van der Waals surface area contributed by atoms with Crippen LogP contribution in [0.25, 0.3) is 11.4 Å². The minimum atomic E-state index is -0.304. The number of hydrogen-bond acceptors (Lipinski definition) is 4. The second-order valence-corrected chi connectivity index (χ2v) is 7.63. The Labute approximate surface area is 172 Å². The SMILES string of the molecule is Cc1cc(SCC(=O)NCCc2ccc(Cl)cc2)nc(-c2ccc(F)cc2)n1. The lowest BCUT2D eigenvalue weighted by Crippen LogP contribution is -2.27. The van der Waals surface area contributed by atoms with Gasteiger partial charge in [0.25, 0.3) is 0 Å². The summed E-state index contributed by atoms with van der Waals surface area (Å²) in [6.45, 7) is 2.43. The molecule has 1 heterocycles. The molecule has 1 amide bonds. The van der Waals surface area contributed by atoms with Crippen molar-refractivity contribution in [3.63, 3.8) is 0 Å². The van der Waals surface area contributed by atoms with Gasteiger partial charge in [0.2, 0.25) is 5.91 Å². The fourth-order valence-corrected chi connectivity index (χ4v) is 3.44. The molecular weight excluding hydrogens is 397 g/mol. The van der Waals surface area contributed by atoms with Gasteiger partial charge in [0, 0.05) is 22.8 Å². The number of carbonyl (C=O) groups excluding carboxylic acids is 1. The quantitative estimate of drug-likeness (QED) is 0.449. The van der Waals surface area contributed by atoms with E-state index in [1.54, 1.807) is 12.1 Å². The topological polar surface area (TPSA) is 54.9 Å². The summed E-state index contributed by atoms with van der Waals surface area (Å²) in [5, 5.41) is 4.31. The predicted octanol–water partition coefficient (Wildman–Crippen LogP) is 4.70. The summed E-state index contributed by atoms with van der Waals surface area (Å²) in [5.41, 5.74) is 2.65. The Morgan fingerprint density at radius 1 is 1.11 bits per heavy atom. The lowest BCUT2D eigenvalue weighted by Gasteiger charge is -2.07. The van der Waals surface area contributed by atoms with Crippen LogP contribution in [0.15, 0.2) is 59.6 Å². The van der Waals surface area contributed by atoms with Crippen molar-refractivity contribution >= 4 is 29.3 Å². The van der Waals surface area contributed by atoms with Crippen molar-refractivity contribution in [1.29, 1.82) is 0 Å². The number of nitrogens with zero attached hydrogens (tertiary/aromatic N) is 2. The maximum Gasteiger partial charge on any atom is 0.230 e. The third-order valence-corrected chi connectivity index (χ3v) is 5.10. The van der Waals surface area contributed by atoms with Gasteiger partial charge in [0.15, 0.2) is 5.82 Å². The van der Waals surface area contributed by atoms with Gasteiger partial charge in [0.1, 0.15) is 10.8 Å². The van der Waals surface area contributed by atoms with Gasteiger partial charge >= 0.3 is 0 Å². The zero-order valence-electron chi connectivity index (χ0n) is 15.3. The average Bonchev–Trinajstić information content (AvgIpc) is 2.68. The first-order valence-corrected chi connectivity index (χ1v) is 10.1. The van der Waals surface area contributed by atoms with Crippen LogP contribution in [0.1, 0.15) is 11.3 Å². The minimum Gasteiger partial charge on any atom is -0.355 e. The van der Waals surface area contributed by atoms with Gasteiger partial charge in [-0.05, 0) is 61.4 Å². The van der Waals surface area contributed by atoms with Gasteiger partial charge in [-0.3, -0.25) is 4.79 Å². The molecule has 0 saturated carbocycles. The second kappa shape index (κ2) is 9.66. The molecule has 0 saturated heterocycles. The Morgan fingerprint density at radius 3 is 2.54 bits per heavy atom. The molecular formula is C21H19ClFN3OS. The van der Waals surface area contributed by atoms with Gasteiger partial charge in [-0.1, -0.05) is 35.5 Å². The van der Waals surface area contributed by atoms with Gasteiger partial charge in [-0.15, -0.1) is 0 Å². The van der Waals surface area contributed by atoms with Crippen LogP contribution in [0, 0.1) is 12.7 Å². The van der Waals surface area contributed by atoms with Gasteiger partial charge < -0.3 is 5.32 Å². The zero-order chi connectivity index (χ0) is 19.9. The van der Waals surface area contributed by atoms with Crippen molar-refractivity contribution in [2.75, 3.05) is 12.3 Å². The van der Waals surface area contributed by atoms with E-state index in [1.165, 1.54) is 23.9 Å².